The standard InChI is InChI=1S/C17H28N4O3/c1-14-11-15(19-24-14)18-16(22)12-20-7-9-21(10-8-20)13-17(23)5-3-2-4-6-17/h11,23H,2-10,12-13H2,1H3,(H,18,19,22). The van der Waals surface area contributed by atoms with Crippen LogP contribution < -0.4 is 5.32 Å². The molecule has 1 aliphatic carbocycles. The molecule has 1 amide bonds. The molecule has 1 aromatic rings. The van der Waals surface area contributed by atoms with Gasteiger partial charge in [0.25, 0.3) is 0 Å². The summed E-state index contributed by atoms with van der Waals surface area (Å²) in [6.45, 7) is 6.43. The maximum Gasteiger partial charge on any atom is 0.239 e. The third-order valence-electron chi connectivity index (χ3n) is 5.03. The summed E-state index contributed by atoms with van der Waals surface area (Å²) >= 11 is 0. The Balaban J connectivity index is 1.39. The van der Waals surface area contributed by atoms with Crippen molar-refractivity contribution in [2.24, 2.45) is 0 Å². The molecule has 2 N–H and O–H groups in total. The second kappa shape index (κ2) is 7.63. The van der Waals surface area contributed by atoms with E-state index in [0.29, 0.717) is 18.1 Å². The third-order valence-corrected chi connectivity index (χ3v) is 5.03. The van der Waals surface area contributed by atoms with Crippen LogP contribution in [0.4, 0.5) is 5.82 Å². The number of nitrogens with zero attached hydrogens (tertiary/aromatic N) is 3. The van der Waals surface area contributed by atoms with Gasteiger partial charge in [0, 0.05) is 38.8 Å². The predicted molar refractivity (Wildman–Crippen MR) is 90.8 cm³/mol. The van der Waals surface area contributed by atoms with Gasteiger partial charge in [0.1, 0.15) is 5.76 Å². The van der Waals surface area contributed by atoms with E-state index in [9.17, 15) is 9.90 Å². The van der Waals surface area contributed by atoms with Gasteiger partial charge in [-0.3, -0.25) is 14.6 Å². The molecule has 3 rings (SSSR count). The van der Waals surface area contributed by atoms with Crippen LogP contribution in [-0.2, 0) is 4.79 Å². The summed E-state index contributed by atoms with van der Waals surface area (Å²) in [5.74, 6) is 1.08. The first-order chi connectivity index (χ1) is 11.5. The van der Waals surface area contributed by atoms with E-state index in [1.807, 2.05) is 0 Å². The third kappa shape index (κ3) is 4.78. The van der Waals surface area contributed by atoms with Crippen LogP contribution in [0.2, 0.25) is 0 Å². The van der Waals surface area contributed by atoms with Gasteiger partial charge in [-0.25, -0.2) is 0 Å². The van der Waals surface area contributed by atoms with Crippen LogP contribution in [0.15, 0.2) is 10.6 Å². The molecule has 2 aliphatic rings. The Morgan fingerprint density at radius 2 is 1.92 bits per heavy atom. The molecule has 7 heteroatoms. The highest BCUT2D eigenvalue weighted by atomic mass is 16.5. The number of amides is 1. The van der Waals surface area contributed by atoms with Gasteiger partial charge >= 0.3 is 0 Å². The van der Waals surface area contributed by atoms with E-state index in [1.54, 1.807) is 13.0 Å². The smallest absolute Gasteiger partial charge is 0.239 e. The number of aryl methyl sites for hydroxylation is 1. The monoisotopic (exact) mass is 336 g/mol. The number of aliphatic hydroxyl groups is 1. The van der Waals surface area contributed by atoms with Gasteiger partial charge in [-0.2, -0.15) is 0 Å². The van der Waals surface area contributed by atoms with Crippen LogP contribution in [0.3, 0.4) is 0 Å². The van der Waals surface area contributed by atoms with Crippen LogP contribution >= 0.6 is 0 Å². The molecule has 1 aliphatic heterocycles. The number of hydrogen-bond acceptors (Lipinski definition) is 6. The first-order valence-electron chi connectivity index (χ1n) is 8.93. The molecule has 7 nitrogen and oxygen atoms in total. The van der Waals surface area contributed by atoms with Gasteiger partial charge in [0.2, 0.25) is 5.91 Å². The number of aromatic nitrogens is 1. The quantitative estimate of drug-likeness (QED) is 0.842. The lowest BCUT2D eigenvalue weighted by Gasteiger charge is -2.40. The number of rotatable bonds is 5. The van der Waals surface area contributed by atoms with E-state index in [-0.39, 0.29) is 5.91 Å². The van der Waals surface area contributed by atoms with E-state index in [2.05, 4.69) is 20.3 Å². The van der Waals surface area contributed by atoms with E-state index in [1.165, 1.54) is 6.42 Å². The highest BCUT2D eigenvalue weighted by molar-refractivity contribution is 5.91. The lowest BCUT2D eigenvalue weighted by Crippen LogP contribution is -2.53. The fourth-order valence-electron chi connectivity index (χ4n) is 3.70. The summed E-state index contributed by atoms with van der Waals surface area (Å²) in [4.78, 5) is 16.5. The van der Waals surface area contributed by atoms with Crippen molar-refractivity contribution in [2.75, 3.05) is 44.6 Å². The Labute approximate surface area is 143 Å². The maximum atomic E-state index is 12.1. The van der Waals surface area contributed by atoms with Crippen LogP contribution in [0.1, 0.15) is 37.9 Å². The molecule has 1 saturated heterocycles. The number of β-amino-alcohol motifs (C(OH)–C–C–N with tert-alkyl or cyclic N) is 1. The Kier molecular flexibility index (Phi) is 5.53. The molecule has 24 heavy (non-hydrogen) atoms. The van der Waals surface area contributed by atoms with Gasteiger partial charge in [0.15, 0.2) is 5.82 Å². The Hall–Kier alpha value is -1.44. The van der Waals surface area contributed by atoms with Crippen LogP contribution in [0, 0.1) is 6.92 Å². The lowest BCUT2D eigenvalue weighted by atomic mass is 9.84. The largest absolute Gasteiger partial charge is 0.389 e. The average molecular weight is 336 g/mol. The highest BCUT2D eigenvalue weighted by Crippen LogP contribution is 2.29. The van der Waals surface area contributed by atoms with Gasteiger partial charge < -0.3 is 14.9 Å². The number of carbonyl (C=O) groups excluding carboxylic acids is 1. The zero-order chi connectivity index (χ0) is 17.0. The second-order valence-corrected chi connectivity index (χ2v) is 7.21. The number of piperazine rings is 1. The second-order valence-electron chi connectivity index (χ2n) is 7.21. The Morgan fingerprint density at radius 3 is 2.54 bits per heavy atom. The summed E-state index contributed by atoms with van der Waals surface area (Å²) in [5, 5.41) is 17.2. The molecule has 0 aromatic carbocycles. The Bertz CT molecular complexity index is 546. The van der Waals surface area contributed by atoms with Crippen molar-refractivity contribution in [3.05, 3.63) is 11.8 Å². The topological polar surface area (TPSA) is 81.8 Å². The lowest BCUT2D eigenvalue weighted by molar-refractivity contribution is -0.118. The molecule has 2 heterocycles. The van der Waals surface area contributed by atoms with E-state index < -0.39 is 5.60 Å². The molecule has 0 bridgehead atoms. The van der Waals surface area contributed by atoms with Crippen molar-refractivity contribution in [3.63, 3.8) is 0 Å². The fraction of sp³-hybridized carbons (Fsp3) is 0.765. The summed E-state index contributed by atoms with van der Waals surface area (Å²) in [5.41, 5.74) is -0.497. The number of nitrogens with one attached hydrogen (secondary N) is 1. The summed E-state index contributed by atoms with van der Waals surface area (Å²) < 4.78 is 4.94. The van der Waals surface area contributed by atoms with Crippen molar-refractivity contribution >= 4 is 11.7 Å². The van der Waals surface area contributed by atoms with Crippen molar-refractivity contribution in [1.82, 2.24) is 15.0 Å². The Morgan fingerprint density at radius 1 is 1.25 bits per heavy atom. The average Bonchev–Trinajstić information content (AvgIpc) is 2.94. The molecule has 0 atom stereocenters. The molecular weight excluding hydrogens is 308 g/mol. The molecule has 1 aromatic heterocycles. The zero-order valence-corrected chi connectivity index (χ0v) is 14.5. The van der Waals surface area contributed by atoms with Crippen molar-refractivity contribution in [3.8, 4) is 0 Å². The van der Waals surface area contributed by atoms with Gasteiger partial charge in [0.05, 0.1) is 12.1 Å². The van der Waals surface area contributed by atoms with Crippen LogP contribution in [0.5, 0.6) is 0 Å². The van der Waals surface area contributed by atoms with Crippen molar-refractivity contribution in [1.29, 1.82) is 0 Å². The zero-order valence-electron chi connectivity index (χ0n) is 14.5. The first-order valence-corrected chi connectivity index (χ1v) is 8.93. The van der Waals surface area contributed by atoms with Crippen LogP contribution in [0.25, 0.3) is 0 Å². The maximum absolute atomic E-state index is 12.1. The molecule has 2 fully saturated rings. The molecule has 0 spiro atoms. The van der Waals surface area contributed by atoms with Gasteiger partial charge in [-0.1, -0.05) is 24.4 Å². The summed E-state index contributed by atoms with van der Waals surface area (Å²) in [7, 11) is 0. The number of carbonyl (C=O) groups is 1. The van der Waals surface area contributed by atoms with Crippen molar-refractivity contribution in [2.45, 2.75) is 44.6 Å². The van der Waals surface area contributed by atoms with Crippen LogP contribution in [-0.4, -0.2) is 70.8 Å². The normalized spacial score (nSPS) is 22.4. The van der Waals surface area contributed by atoms with E-state index in [4.69, 9.17) is 4.52 Å². The summed E-state index contributed by atoms with van der Waals surface area (Å²) in [6, 6.07) is 1.71. The molecular formula is C17H28N4O3. The van der Waals surface area contributed by atoms with Crippen molar-refractivity contribution < 1.29 is 14.4 Å². The van der Waals surface area contributed by atoms with E-state index in [0.717, 1.165) is 58.4 Å². The molecule has 0 radical (unpaired) electrons. The molecule has 1 saturated carbocycles. The number of anilines is 1. The molecule has 134 valence electrons. The highest BCUT2D eigenvalue weighted by Gasteiger charge is 2.32. The molecule has 0 unspecified atom stereocenters. The fourth-order valence-corrected chi connectivity index (χ4v) is 3.70. The minimum atomic E-state index is -0.497. The van der Waals surface area contributed by atoms with Gasteiger partial charge in [-0.15, -0.1) is 0 Å². The van der Waals surface area contributed by atoms with Gasteiger partial charge in [-0.05, 0) is 19.8 Å². The number of hydrogen-bond donors (Lipinski definition) is 2. The SMILES string of the molecule is Cc1cc(NC(=O)CN2CCN(CC3(O)CCCCC3)CC2)no1. The first kappa shape index (κ1) is 17.4. The predicted octanol–water partition coefficient (Wildman–Crippen LogP) is 1.23. The van der Waals surface area contributed by atoms with E-state index >= 15 is 0 Å². The minimum Gasteiger partial charge on any atom is -0.389 e. The minimum absolute atomic E-state index is 0.0670. The summed E-state index contributed by atoms with van der Waals surface area (Å²) in [6.07, 6.45) is 5.37.